The Hall–Kier alpha value is -2.89. The Morgan fingerprint density at radius 2 is 1.84 bits per heavy atom. The minimum atomic E-state index is -0.380. The number of hydrogen-bond acceptors (Lipinski definition) is 4. The standard InChI is InChI=1S/C26H31N3O3/c1-26(2)14-21-19(23(30)15-26)13-20(24(31)27-21)25(32)28-10-7-17(8-11-28)16-29-12-9-18-5-3-4-6-22(18)29/h3-6,13,17H,7-12,14-16H2,1-2H3,(H,27,31). The lowest BCUT2D eigenvalue weighted by Crippen LogP contribution is -2.43. The highest BCUT2D eigenvalue weighted by Crippen LogP contribution is 2.34. The molecule has 168 valence electrons. The van der Waals surface area contributed by atoms with Gasteiger partial charge in [0.1, 0.15) is 5.56 Å². The number of ketones is 1. The Bertz CT molecular complexity index is 1130. The molecule has 0 atom stereocenters. The van der Waals surface area contributed by atoms with Gasteiger partial charge in [-0.15, -0.1) is 0 Å². The molecule has 2 aliphatic heterocycles. The molecule has 0 saturated carbocycles. The van der Waals surface area contributed by atoms with Crippen LogP contribution in [0.1, 0.15) is 65.1 Å². The summed E-state index contributed by atoms with van der Waals surface area (Å²) < 4.78 is 0. The number of aromatic amines is 1. The summed E-state index contributed by atoms with van der Waals surface area (Å²) in [7, 11) is 0. The number of carbonyl (C=O) groups is 2. The Labute approximate surface area is 188 Å². The van der Waals surface area contributed by atoms with Gasteiger partial charge in [-0.1, -0.05) is 32.0 Å². The van der Waals surface area contributed by atoms with Gasteiger partial charge in [-0.25, -0.2) is 0 Å². The van der Waals surface area contributed by atoms with Crippen LogP contribution in [0.5, 0.6) is 0 Å². The van der Waals surface area contributed by atoms with Crippen LogP contribution in [0.25, 0.3) is 0 Å². The molecule has 0 bridgehead atoms. The number of nitrogens with one attached hydrogen (secondary N) is 1. The first-order valence-corrected chi connectivity index (χ1v) is 11.7. The first kappa shape index (κ1) is 21.0. The molecule has 6 nitrogen and oxygen atoms in total. The van der Waals surface area contributed by atoms with E-state index in [4.69, 9.17) is 0 Å². The summed E-state index contributed by atoms with van der Waals surface area (Å²) >= 11 is 0. The fraction of sp³-hybridized carbons (Fsp3) is 0.500. The van der Waals surface area contributed by atoms with Crippen molar-refractivity contribution in [3.05, 3.63) is 63.1 Å². The molecule has 6 heteroatoms. The zero-order valence-electron chi connectivity index (χ0n) is 18.9. The largest absolute Gasteiger partial charge is 0.371 e. The van der Waals surface area contributed by atoms with Crippen molar-refractivity contribution in [3.63, 3.8) is 0 Å². The van der Waals surface area contributed by atoms with Crippen LogP contribution in [0.15, 0.2) is 35.1 Å². The number of H-pyrrole nitrogens is 1. The number of benzene rings is 1. The number of fused-ring (bicyclic) bond motifs is 2. The number of carbonyl (C=O) groups excluding carboxylic acids is 2. The van der Waals surface area contributed by atoms with E-state index in [0.717, 1.165) is 32.4 Å². The molecule has 32 heavy (non-hydrogen) atoms. The van der Waals surface area contributed by atoms with Gasteiger partial charge in [0.2, 0.25) is 0 Å². The molecule has 0 radical (unpaired) electrons. The Kier molecular flexibility index (Phi) is 5.19. The average molecular weight is 434 g/mol. The molecule has 3 heterocycles. The summed E-state index contributed by atoms with van der Waals surface area (Å²) in [5, 5.41) is 0. The number of rotatable bonds is 3. The molecular weight excluding hydrogens is 402 g/mol. The summed E-state index contributed by atoms with van der Waals surface area (Å²) in [6, 6.07) is 10.1. The van der Waals surface area contributed by atoms with Gasteiger partial charge in [0.25, 0.3) is 11.5 Å². The monoisotopic (exact) mass is 433 g/mol. The van der Waals surface area contributed by atoms with E-state index in [0.29, 0.717) is 43.1 Å². The smallest absolute Gasteiger partial charge is 0.261 e. The maximum absolute atomic E-state index is 13.1. The van der Waals surface area contributed by atoms with E-state index in [1.54, 1.807) is 11.0 Å². The number of aromatic nitrogens is 1. The van der Waals surface area contributed by atoms with Crippen LogP contribution in [-0.4, -0.2) is 47.8 Å². The topological polar surface area (TPSA) is 73.5 Å². The molecule has 3 aliphatic rings. The van der Waals surface area contributed by atoms with Crippen LogP contribution >= 0.6 is 0 Å². The second-order valence-corrected chi connectivity index (χ2v) is 10.4. The third-order valence-corrected chi connectivity index (χ3v) is 7.31. The summed E-state index contributed by atoms with van der Waals surface area (Å²) in [6.45, 7) is 7.43. The normalized spacial score (nSPS) is 20.2. The molecule has 1 saturated heterocycles. The fourth-order valence-electron chi connectivity index (χ4n) is 5.58. The van der Waals surface area contributed by atoms with Gasteiger partial charge in [0, 0.05) is 49.5 Å². The number of para-hydroxylation sites is 1. The lowest BCUT2D eigenvalue weighted by Gasteiger charge is -2.35. The van der Waals surface area contributed by atoms with Crippen LogP contribution in [0, 0.1) is 11.3 Å². The minimum absolute atomic E-state index is 0.00570. The Morgan fingerprint density at radius 1 is 1.09 bits per heavy atom. The molecule has 0 unspecified atom stereocenters. The van der Waals surface area contributed by atoms with E-state index in [-0.39, 0.29) is 28.2 Å². The van der Waals surface area contributed by atoms with Crippen molar-refractivity contribution in [3.8, 4) is 0 Å². The van der Waals surface area contributed by atoms with Crippen LogP contribution in [0.4, 0.5) is 5.69 Å². The highest BCUT2D eigenvalue weighted by atomic mass is 16.2. The number of likely N-dealkylation sites (tertiary alicyclic amines) is 1. The van der Waals surface area contributed by atoms with E-state index in [9.17, 15) is 14.4 Å². The number of piperidine rings is 1. The zero-order valence-corrected chi connectivity index (χ0v) is 18.9. The molecule has 0 spiro atoms. The van der Waals surface area contributed by atoms with Crippen molar-refractivity contribution in [2.75, 3.05) is 31.1 Å². The van der Waals surface area contributed by atoms with Gasteiger partial charge in [-0.3, -0.25) is 14.4 Å². The maximum atomic E-state index is 13.1. The molecule has 1 fully saturated rings. The highest BCUT2D eigenvalue weighted by Gasteiger charge is 2.34. The number of Topliss-reactive ketones (excluding diaryl/α,β-unsaturated/α-hetero) is 1. The van der Waals surface area contributed by atoms with Gasteiger partial charge in [-0.05, 0) is 54.7 Å². The van der Waals surface area contributed by atoms with E-state index in [1.165, 1.54) is 11.3 Å². The number of hydrogen-bond donors (Lipinski definition) is 1. The second-order valence-electron chi connectivity index (χ2n) is 10.4. The Morgan fingerprint density at radius 3 is 2.62 bits per heavy atom. The number of nitrogens with zero attached hydrogens (tertiary/aromatic N) is 2. The highest BCUT2D eigenvalue weighted by molar-refractivity contribution is 6.02. The number of amides is 1. The maximum Gasteiger partial charge on any atom is 0.261 e. The molecule has 1 aromatic heterocycles. The van der Waals surface area contributed by atoms with Gasteiger partial charge >= 0.3 is 0 Å². The minimum Gasteiger partial charge on any atom is -0.371 e. The van der Waals surface area contributed by atoms with E-state index in [2.05, 4.69) is 34.1 Å². The summed E-state index contributed by atoms with van der Waals surface area (Å²) in [5.41, 5.74) is 3.49. The average Bonchev–Trinajstić information content (AvgIpc) is 3.15. The summed E-state index contributed by atoms with van der Waals surface area (Å²) in [5.74, 6) is 0.290. The van der Waals surface area contributed by atoms with Crippen LogP contribution in [0.2, 0.25) is 0 Å². The molecule has 2 aromatic rings. The molecular formula is C26H31N3O3. The Balaban J connectivity index is 1.25. The van der Waals surface area contributed by atoms with Crippen molar-refractivity contribution in [2.45, 2.75) is 46.0 Å². The first-order valence-electron chi connectivity index (χ1n) is 11.7. The zero-order chi connectivity index (χ0) is 22.5. The predicted molar refractivity (Wildman–Crippen MR) is 124 cm³/mol. The molecule has 1 amide bonds. The quantitative estimate of drug-likeness (QED) is 0.805. The molecule has 1 aliphatic carbocycles. The van der Waals surface area contributed by atoms with Gasteiger partial charge in [0.05, 0.1) is 0 Å². The number of anilines is 1. The van der Waals surface area contributed by atoms with Crippen molar-refractivity contribution in [1.82, 2.24) is 9.88 Å². The predicted octanol–water partition coefficient (Wildman–Crippen LogP) is 3.44. The molecule has 1 aromatic carbocycles. The van der Waals surface area contributed by atoms with E-state index >= 15 is 0 Å². The third kappa shape index (κ3) is 3.87. The lowest BCUT2D eigenvalue weighted by atomic mass is 9.75. The first-order chi connectivity index (χ1) is 15.3. The van der Waals surface area contributed by atoms with Gasteiger partial charge in [-0.2, -0.15) is 0 Å². The van der Waals surface area contributed by atoms with Crippen molar-refractivity contribution in [1.29, 1.82) is 0 Å². The van der Waals surface area contributed by atoms with Crippen LogP contribution < -0.4 is 10.5 Å². The summed E-state index contributed by atoms with van der Waals surface area (Å²) in [6.07, 6.45) is 4.04. The molecule has 1 N–H and O–H groups in total. The van der Waals surface area contributed by atoms with Crippen molar-refractivity contribution >= 4 is 17.4 Å². The van der Waals surface area contributed by atoms with Crippen LogP contribution in [-0.2, 0) is 12.8 Å². The molecule has 5 rings (SSSR count). The van der Waals surface area contributed by atoms with Crippen molar-refractivity contribution < 1.29 is 9.59 Å². The number of pyridine rings is 1. The van der Waals surface area contributed by atoms with E-state index in [1.807, 2.05) is 13.8 Å². The SMILES string of the molecule is CC1(C)CC(=O)c2cc(C(=O)N3CCC(CN4CCc5ccccc54)CC3)c(=O)[nH]c2C1. The second kappa shape index (κ2) is 7.91. The third-order valence-electron chi connectivity index (χ3n) is 7.31. The summed E-state index contributed by atoms with van der Waals surface area (Å²) in [4.78, 5) is 45.5. The van der Waals surface area contributed by atoms with Crippen LogP contribution in [0.3, 0.4) is 0 Å². The van der Waals surface area contributed by atoms with Gasteiger partial charge < -0.3 is 14.8 Å². The van der Waals surface area contributed by atoms with Crippen molar-refractivity contribution in [2.24, 2.45) is 11.3 Å². The van der Waals surface area contributed by atoms with Gasteiger partial charge in [0.15, 0.2) is 5.78 Å². The van der Waals surface area contributed by atoms with E-state index < -0.39 is 0 Å². The lowest BCUT2D eigenvalue weighted by molar-refractivity contribution is 0.0691. The fourth-order valence-corrected chi connectivity index (χ4v) is 5.58.